The van der Waals surface area contributed by atoms with E-state index in [1.807, 2.05) is 13.8 Å². The van der Waals surface area contributed by atoms with Crippen molar-refractivity contribution in [3.05, 3.63) is 28.8 Å². The van der Waals surface area contributed by atoms with Gasteiger partial charge in [0.05, 0.1) is 15.8 Å². The largest absolute Gasteiger partial charge is 0.478 e. The molecule has 0 saturated carbocycles. The monoisotopic (exact) mass is 315 g/mol. The standard InChI is InChI=1S/C14H18ClNO3S/c1-8(2)7-16-13(17)9(3)20-10-4-5-12(15)11(6-10)14(18)19/h4-6,8-9H,7H2,1-3H3,(H,16,17)(H,18,19). The van der Waals surface area contributed by atoms with Crippen LogP contribution in [0.4, 0.5) is 0 Å². The van der Waals surface area contributed by atoms with Gasteiger partial charge in [-0.15, -0.1) is 11.8 Å². The van der Waals surface area contributed by atoms with Crippen LogP contribution in [-0.4, -0.2) is 28.8 Å². The Balaban J connectivity index is 2.70. The van der Waals surface area contributed by atoms with E-state index in [9.17, 15) is 9.59 Å². The van der Waals surface area contributed by atoms with Gasteiger partial charge in [0.2, 0.25) is 5.91 Å². The Morgan fingerprint density at radius 2 is 2.00 bits per heavy atom. The molecule has 0 heterocycles. The first kappa shape index (κ1) is 16.9. The predicted molar refractivity (Wildman–Crippen MR) is 81.6 cm³/mol. The van der Waals surface area contributed by atoms with Gasteiger partial charge >= 0.3 is 5.97 Å². The molecule has 0 radical (unpaired) electrons. The summed E-state index contributed by atoms with van der Waals surface area (Å²) in [7, 11) is 0. The maximum absolute atomic E-state index is 11.9. The van der Waals surface area contributed by atoms with Gasteiger partial charge in [-0.3, -0.25) is 4.79 Å². The lowest BCUT2D eigenvalue weighted by Crippen LogP contribution is -2.33. The lowest BCUT2D eigenvalue weighted by atomic mass is 10.2. The van der Waals surface area contributed by atoms with Crippen LogP contribution >= 0.6 is 23.4 Å². The van der Waals surface area contributed by atoms with Crippen molar-refractivity contribution in [3.63, 3.8) is 0 Å². The summed E-state index contributed by atoms with van der Waals surface area (Å²) in [5.41, 5.74) is 0.0476. The summed E-state index contributed by atoms with van der Waals surface area (Å²) in [5.74, 6) is -0.741. The number of nitrogens with one attached hydrogen (secondary N) is 1. The third kappa shape index (κ3) is 5.06. The highest BCUT2D eigenvalue weighted by Gasteiger charge is 2.16. The molecule has 110 valence electrons. The number of carboxylic acid groups (broad SMARTS) is 1. The number of amides is 1. The van der Waals surface area contributed by atoms with E-state index >= 15 is 0 Å². The number of benzene rings is 1. The minimum atomic E-state index is -1.07. The number of carbonyl (C=O) groups is 2. The predicted octanol–water partition coefficient (Wildman–Crippen LogP) is 3.29. The zero-order valence-electron chi connectivity index (χ0n) is 11.6. The van der Waals surface area contributed by atoms with Gasteiger partial charge in [0.25, 0.3) is 0 Å². The minimum Gasteiger partial charge on any atom is -0.478 e. The highest BCUT2D eigenvalue weighted by atomic mass is 35.5. The van der Waals surface area contributed by atoms with Gasteiger partial charge < -0.3 is 10.4 Å². The van der Waals surface area contributed by atoms with Crippen molar-refractivity contribution < 1.29 is 14.7 Å². The van der Waals surface area contributed by atoms with Crippen molar-refractivity contribution in [3.8, 4) is 0 Å². The van der Waals surface area contributed by atoms with Crippen molar-refractivity contribution in [2.24, 2.45) is 5.92 Å². The zero-order valence-corrected chi connectivity index (χ0v) is 13.2. The molecule has 0 aliphatic carbocycles. The van der Waals surface area contributed by atoms with Gasteiger partial charge in [0, 0.05) is 11.4 Å². The molecule has 0 aliphatic rings. The first-order valence-electron chi connectivity index (χ1n) is 6.28. The second kappa shape index (κ2) is 7.55. The molecule has 0 aliphatic heterocycles. The first-order valence-corrected chi connectivity index (χ1v) is 7.54. The number of carbonyl (C=O) groups excluding carboxylic acids is 1. The summed E-state index contributed by atoms with van der Waals surface area (Å²) in [6, 6.07) is 4.74. The molecule has 1 atom stereocenters. The molecule has 2 N–H and O–H groups in total. The minimum absolute atomic E-state index is 0.0476. The summed E-state index contributed by atoms with van der Waals surface area (Å²) in [5, 5.41) is 11.8. The quantitative estimate of drug-likeness (QED) is 0.791. The van der Waals surface area contributed by atoms with Crippen LogP contribution in [0.5, 0.6) is 0 Å². The van der Waals surface area contributed by atoms with Crippen LogP contribution in [0, 0.1) is 5.92 Å². The lowest BCUT2D eigenvalue weighted by Gasteiger charge is -2.13. The lowest BCUT2D eigenvalue weighted by molar-refractivity contribution is -0.120. The number of hydrogen-bond acceptors (Lipinski definition) is 3. The van der Waals surface area contributed by atoms with Crippen LogP contribution in [0.15, 0.2) is 23.1 Å². The molecule has 0 saturated heterocycles. The van der Waals surface area contributed by atoms with E-state index in [4.69, 9.17) is 16.7 Å². The maximum atomic E-state index is 11.9. The Hall–Kier alpha value is -1.20. The topological polar surface area (TPSA) is 66.4 Å². The molecule has 20 heavy (non-hydrogen) atoms. The van der Waals surface area contributed by atoms with Crippen LogP contribution in [0.3, 0.4) is 0 Å². The Morgan fingerprint density at radius 3 is 2.55 bits per heavy atom. The fraction of sp³-hybridized carbons (Fsp3) is 0.429. The number of carboxylic acids is 1. The van der Waals surface area contributed by atoms with E-state index in [-0.39, 0.29) is 21.7 Å². The average Bonchev–Trinajstić information content (AvgIpc) is 2.37. The number of thioether (sulfide) groups is 1. The third-order valence-electron chi connectivity index (χ3n) is 2.53. The Labute approximate surface area is 127 Å². The van der Waals surface area contributed by atoms with Crippen molar-refractivity contribution in [1.29, 1.82) is 0 Å². The summed E-state index contributed by atoms with van der Waals surface area (Å²) >= 11 is 7.12. The molecular weight excluding hydrogens is 298 g/mol. The molecule has 1 aromatic rings. The number of rotatable bonds is 6. The van der Waals surface area contributed by atoms with Crippen molar-refractivity contribution >= 4 is 35.2 Å². The van der Waals surface area contributed by atoms with Crippen molar-refractivity contribution in [2.45, 2.75) is 30.9 Å². The van der Waals surface area contributed by atoms with Crippen molar-refractivity contribution in [1.82, 2.24) is 5.32 Å². The molecule has 0 aromatic heterocycles. The molecule has 1 amide bonds. The highest BCUT2D eigenvalue weighted by molar-refractivity contribution is 8.00. The summed E-state index contributed by atoms with van der Waals surface area (Å²) in [4.78, 5) is 23.6. The van der Waals surface area contributed by atoms with E-state index in [1.54, 1.807) is 13.0 Å². The van der Waals surface area contributed by atoms with E-state index in [0.717, 1.165) is 0 Å². The average molecular weight is 316 g/mol. The van der Waals surface area contributed by atoms with Gasteiger partial charge in [-0.05, 0) is 31.0 Å². The second-order valence-corrected chi connectivity index (χ2v) is 6.67. The Bertz CT molecular complexity index is 505. The Morgan fingerprint density at radius 1 is 1.35 bits per heavy atom. The summed E-state index contributed by atoms with van der Waals surface area (Å²) in [6.07, 6.45) is 0. The molecule has 1 aromatic carbocycles. The van der Waals surface area contributed by atoms with Gasteiger partial charge in [-0.1, -0.05) is 25.4 Å². The number of hydrogen-bond donors (Lipinski definition) is 2. The fourth-order valence-electron chi connectivity index (χ4n) is 1.45. The van der Waals surface area contributed by atoms with Crippen LogP contribution < -0.4 is 5.32 Å². The van der Waals surface area contributed by atoms with Crippen molar-refractivity contribution in [2.75, 3.05) is 6.54 Å². The maximum Gasteiger partial charge on any atom is 0.337 e. The SMILES string of the molecule is CC(C)CNC(=O)C(C)Sc1ccc(Cl)c(C(=O)O)c1. The smallest absolute Gasteiger partial charge is 0.337 e. The second-order valence-electron chi connectivity index (χ2n) is 4.85. The first-order chi connectivity index (χ1) is 9.31. The molecule has 0 bridgehead atoms. The zero-order chi connectivity index (χ0) is 15.3. The van der Waals surface area contributed by atoms with Gasteiger partial charge in [-0.2, -0.15) is 0 Å². The number of halogens is 1. The van der Waals surface area contributed by atoms with Gasteiger partial charge in [0.1, 0.15) is 0 Å². The molecule has 0 fully saturated rings. The highest BCUT2D eigenvalue weighted by Crippen LogP contribution is 2.27. The van der Waals surface area contributed by atoms with Crippen LogP contribution in [0.25, 0.3) is 0 Å². The number of aromatic carboxylic acids is 1. The van der Waals surface area contributed by atoms with E-state index < -0.39 is 5.97 Å². The molecule has 1 rings (SSSR count). The van der Waals surface area contributed by atoms with Crippen LogP contribution in [-0.2, 0) is 4.79 Å². The van der Waals surface area contributed by atoms with Crippen LogP contribution in [0.2, 0.25) is 5.02 Å². The molecule has 0 spiro atoms. The van der Waals surface area contributed by atoms with E-state index in [0.29, 0.717) is 17.4 Å². The van der Waals surface area contributed by atoms with E-state index in [1.165, 1.54) is 23.9 Å². The van der Waals surface area contributed by atoms with Gasteiger partial charge in [-0.25, -0.2) is 4.79 Å². The fourth-order valence-corrected chi connectivity index (χ4v) is 2.58. The molecule has 6 heteroatoms. The van der Waals surface area contributed by atoms with E-state index in [2.05, 4.69) is 5.32 Å². The molecule has 4 nitrogen and oxygen atoms in total. The summed E-state index contributed by atoms with van der Waals surface area (Å²) < 4.78 is 0. The van der Waals surface area contributed by atoms with Crippen LogP contribution in [0.1, 0.15) is 31.1 Å². The third-order valence-corrected chi connectivity index (χ3v) is 3.96. The Kier molecular flexibility index (Phi) is 6.36. The molecule has 1 unspecified atom stereocenters. The van der Waals surface area contributed by atoms with Gasteiger partial charge in [0.15, 0.2) is 0 Å². The normalized spacial score (nSPS) is 12.2. The summed E-state index contributed by atoms with van der Waals surface area (Å²) in [6.45, 7) is 6.47. The molecular formula is C14H18ClNO3S.